The number of hydrogen-bond acceptors (Lipinski definition) is 5. The van der Waals surface area contributed by atoms with Gasteiger partial charge in [0.1, 0.15) is 18.2 Å². The summed E-state index contributed by atoms with van der Waals surface area (Å²) < 4.78 is 11.4. The van der Waals surface area contributed by atoms with Gasteiger partial charge in [-0.3, -0.25) is 9.59 Å². The molecule has 1 fully saturated rings. The van der Waals surface area contributed by atoms with Crippen LogP contribution in [0.4, 0.5) is 0 Å². The molecule has 1 heterocycles. The Morgan fingerprint density at radius 2 is 1.51 bits per heavy atom. The number of amides is 1. The quantitative estimate of drug-likeness (QED) is 0.0949. The van der Waals surface area contributed by atoms with Crippen molar-refractivity contribution in [2.75, 3.05) is 0 Å². The average molecular weight is 496 g/mol. The molecule has 1 aliphatic rings. The maximum Gasteiger partial charge on any atom is 0.328 e. The van der Waals surface area contributed by atoms with Gasteiger partial charge < -0.3 is 14.8 Å². The van der Waals surface area contributed by atoms with Crippen LogP contribution in [0.2, 0.25) is 0 Å². The van der Waals surface area contributed by atoms with Gasteiger partial charge in [0, 0.05) is 6.42 Å². The number of unbranched alkanes of at least 4 members (excludes halogenated alkanes) is 11. The lowest BCUT2D eigenvalue weighted by molar-refractivity contribution is -0.190. The van der Waals surface area contributed by atoms with Crippen LogP contribution >= 0.6 is 0 Å². The van der Waals surface area contributed by atoms with Gasteiger partial charge in [0.2, 0.25) is 6.41 Å². The minimum Gasteiger partial charge on any atom is -0.461 e. The molecule has 0 bridgehead atoms. The summed E-state index contributed by atoms with van der Waals surface area (Å²) in [4.78, 5) is 36.0. The van der Waals surface area contributed by atoms with Crippen LogP contribution in [0, 0.1) is 11.8 Å². The lowest BCUT2D eigenvalue weighted by Gasteiger charge is -2.37. The van der Waals surface area contributed by atoms with Gasteiger partial charge in [-0.25, -0.2) is 4.79 Å². The molecule has 204 valence electrons. The lowest BCUT2D eigenvalue weighted by atomic mass is 9.86. The minimum atomic E-state index is -0.632. The maximum absolute atomic E-state index is 12.9. The largest absolute Gasteiger partial charge is 0.461 e. The number of esters is 2. The van der Waals surface area contributed by atoms with Crippen molar-refractivity contribution in [1.29, 1.82) is 0 Å². The molecule has 0 aromatic rings. The molecule has 0 radical (unpaired) electrons. The van der Waals surface area contributed by atoms with Crippen LogP contribution in [-0.2, 0) is 23.9 Å². The zero-order chi connectivity index (χ0) is 25.9. The van der Waals surface area contributed by atoms with Crippen molar-refractivity contribution in [3.63, 3.8) is 0 Å². The molecule has 1 rings (SSSR count). The van der Waals surface area contributed by atoms with Crippen LogP contribution in [0.1, 0.15) is 137 Å². The van der Waals surface area contributed by atoms with Crippen molar-refractivity contribution >= 4 is 18.3 Å². The molecule has 0 aromatic heterocycles. The van der Waals surface area contributed by atoms with Crippen molar-refractivity contribution in [1.82, 2.24) is 5.32 Å². The SMILES string of the molecule is CCCCCCCCCCC[C@@H](C[C@H]1OC(=O)[C@@H]1CCCCCC)OC(=O)[C@@H](CC(C)C)NC=O. The number of ether oxygens (including phenoxy) is 2. The number of carbonyl (C=O) groups excluding carboxylic acids is 3. The van der Waals surface area contributed by atoms with Crippen molar-refractivity contribution < 1.29 is 23.9 Å². The summed E-state index contributed by atoms with van der Waals surface area (Å²) in [6, 6.07) is -0.632. The smallest absolute Gasteiger partial charge is 0.328 e. The third-order valence-electron chi connectivity index (χ3n) is 7.06. The highest BCUT2D eigenvalue weighted by Gasteiger charge is 2.43. The highest BCUT2D eigenvalue weighted by Crippen LogP contribution is 2.32. The first kappa shape index (κ1) is 31.4. The molecule has 0 saturated carbocycles. The molecule has 35 heavy (non-hydrogen) atoms. The normalized spacial score (nSPS) is 19.1. The zero-order valence-electron chi connectivity index (χ0n) is 23.0. The summed E-state index contributed by atoms with van der Waals surface area (Å²) in [6.45, 7) is 8.45. The van der Waals surface area contributed by atoms with Crippen LogP contribution in [0.15, 0.2) is 0 Å². The summed E-state index contributed by atoms with van der Waals surface area (Å²) in [7, 11) is 0. The highest BCUT2D eigenvalue weighted by atomic mass is 16.6. The zero-order valence-corrected chi connectivity index (χ0v) is 23.0. The summed E-state index contributed by atoms with van der Waals surface area (Å²) in [5.41, 5.74) is 0. The second kappa shape index (κ2) is 19.6. The molecule has 1 aliphatic heterocycles. The first-order chi connectivity index (χ1) is 16.9. The Bertz CT molecular complexity index is 579. The number of cyclic esters (lactones) is 1. The first-order valence-corrected chi connectivity index (χ1v) is 14.5. The van der Waals surface area contributed by atoms with Gasteiger partial charge in [0.15, 0.2) is 0 Å². The molecule has 1 saturated heterocycles. The van der Waals surface area contributed by atoms with Crippen LogP contribution in [0.25, 0.3) is 0 Å². The Morgan fingerprint density at radius 3 is 2.06 bits per heavy atom. The predicted octanol–water partition coefficient (Wildman–Crippen LogP) is 6.88. The van der Waals surface area contributed by atoms with Crippen molar-refractivity contribution in [3.05, 3.63) is 0 Å². The van der Waals surface area contributed by atoms with Crippen LogP contribution in [-0.4, -0.2) is 36.6 Å². The second-order valence-electron chi connectivity index (χ2n) is 10.8. The Labute approximate surface area is 214 Å². The van der Waals surface area contributed by atoms with Crippen LogP contribution in [0.3, 0.4) is 0 Å². The molecule has 0 aliphatic carbocycles. The number of rotatable bonds is 23. The Balaban J connectivity index is 2.58. The van der Waals surface area contributed by atoms with Gasteiger partial charge >= 0.3 is 11.9 Å². The molecule has 6 heteroatoms. The first-order valence-electron chi connectivity index (χ1n) is 14.5. The predicted molar refractivity (Wildman–Crippen MR) is 141 cm³/mol. The van der Waals surface area contributed by atoms with E-state index in [4.69, 9.17) is 9.47 Å². The van der Waals surface area contributed by atoms with Gasteiger partial charge in [0.05, 0.1) is 5.92 Å². The van der Waals surface area contributed by atoms with E-state index < -0.39 is 6.04 Å². The fourth-order valence-electron chi connectivity index (χ4n) is 4.90. The van der Waals surface area contributed by atoms with Gasteiger partial charge in [0.25, 0.3) is 0 Å². The topological polar surface area (TPSA) is 81.7 Å². The third kappa shape index (κ3) is 13.9. The molecule has 1 N–H and O–H groups in total. The molecular formula is C29H53NO5. The van der Waals surface area contributed by atoms with E-state index in [9.17, 15) is 14.4 Å². The minimum absolute atomic E-state index is 0.0734. The summed E-state index contributed by atoms with van der Waals surface area (Å²) in [6.07, 6.45) is 18.5. The fraction of sp³-hybridized carbons (Fsp3) is 0.897. The molecule has 0 aromatic carbocycles. The fourth-order valence-corrected chi connectivity index (χ4v) is 4.90. The van der Waals surface area contributed by atoms with E-state index in [1.54, 1.807) is 0 Å². The van der Waals surface area contributed by atoms with E-state index in [2.05, 4.69) is 19.2 Å². The van der Waals surface area contributed by atoms with Crippen molar-refractivity contribution in [2.24, 2.45) is 11.8 Å². The molecule has 0 unspecified atom stereocenters. The van der Waals surface area contributed by atoms with Gasteiger partial charge in [-0.15, -0.1) is 0 Å². The molecular weight excluding hydrogens is 442 g/mol. The highest BCUT2D eigenvalue weighted by molar-refractivity contribution is 5.79. The van der Waals surface area contributed by atoms with Gasteiger partial charge in [-0.2, -0.15) is 0 Å². The molecule has 4 atom stereocenters. The van der Waals surface area contributed by atoms with Gasteiger partial charge in [-0.1, -0.05) is 105 Å². The van der Waals surface area contributed by atoms with E-state index >= 15 is 0 Å². The van der Waals surface area contributed by atoms with E-state index in [0.29, 0.717) is 19.3 Å². The van der Waals surface area contributed by atoms with Crippen molar-refractivity contribution in [3.8, 4) is 0 Å². The average Bonchev–Trinajstić information content (AvgIpc) is 2.81. The Morgan fingerprint density at radius 1 is 0.943 bits per heavy atom. The standard InChI is InChI=1S/C29H53NO5/c1-5-7-9-11-12-13-14-15-16-18-24(34-29(33)26(30-22-31)20-23(3)4)21-27-25(28(32)35-27)19-17-10-8-6-2/h22-27H,5-21H2,1-4H3,(H,30,31)/t24-,25+,26+,27+/m0/s1. The summed E-state index contributed by atoms with van der Waals surface area (Å²) >= 11 is 0. The summed E-state index contributed by atoms with van der Waals surface area (Å²) in [5, 5.41) is 2.62. The third-order valence-corrected chi connectivity index (χ3v) is 7.06. The van der Waals surface area contributed by atoms with Gasteiger partial charge in [-0.05, 0) is 31.6 Å². The van der Waals surface area contributed by atoms with E-state index in [1.165, 1.54) is 57.8 Å². The number of nitrogens with one attached hydrogen (secondary N) is 1. The number of carbonyl (C=O) groups is 3. The van der Waals surface area contributed by atoms with E-state index in [-0.39, 0.29) is 36.0 Å². The molecule has 1 amide bonds. The van der Waals surface area contributed by atoms with Crippen LogP contribution in [0.5, 0.6) is 0 Å². The molecule has 0 spiro atoms. The lowest BCUT2D eigenvalue weighted by Crippen LogP contribution is -2.48. The Hall–Kier alpha value is -1.59. The van der Waals surface area contributed by atoms with E-state index in [0.717, 1.165) is 38.5 Å². The monoisotopic (exact) mass is 495 g/mol. The maximum atomic E-state index is 12.9. The van der Waals surface area contributed by atoms with E-state index in [1.807, 2.05) is 13.8 Å². The van der Waals surface area contributed by atoms with Crippen LogP contribution < -0.4 is 5.32 Å². The molecule has 6 nitrogen and oxygen atoms in total. The summed E-state index contributed by atoms with van der Waals surface area (Å²) in [5.74, 6) is -0.302. The number of hydrogen-bond donors (Lipinski definition) is 1. The second-order valence-corrected chi connectivity index (χ2v) is 10.8. The Kier molecular flexibility index (Phi) is 17.6. The van der Waals surface area contributed by atoms with Crippen molar-refractivity contribution in [2.45, 2.75) is 155 Å².